The Morgan fingerprint density at radius 3 is 3.00 bits per heavy atom. The van der Waals surface area contributed by atoms with Crippen molar-refractivity contribution < 1.29 is 0 Å². The molecule has 0 spiro atoms. The molecule has 1 unspecified atom stereocenters. The topological polar surface area (TPSA) is 42.1 Å². The molecule has 2 N–H and O–H groups in total. The monoisotopic (exact) mass is 289 g/mol. The quantitative estimate of drug-likeness (QED) is 0.924. The van der Waals surface area contributed by atoms with E-state index < -0.39 is 0 Å². The molecule has 1 aliphatic heterocycles. The maximum atomic E-state index is 6.51. The van der Waals surface area contributed by atoms with Crippen LogP contribution in [0.1, 0.15) is 24.1 Å². The molecule has 0 radical (unpaired) electrons. The fourth-order valence-corrected chi connectivity index (χ4v) is 3.17. The van der Waals surface area contributed by atoms with E-state index in [0.717, 1.165) is 59.7 Å². The lowest BCUT2D eigenvalue weighted by Gasteiger charge is -2.30. The highest BCUT2D eigenvalue weighted by atomic mass is 35.5. The van der Waals surface area contributed by atoms with Crippen molar-refractivity contribution in [3.63, 3.8) is 0 Å². The van der Waals surface area contributed by atoms with Gasteiger partial charge in [-0.15, -0.1) is 0 Å². The number of benzene rings is 1. The van der Waals surface area contributed by atoms with Gasteiger partial charge in [-0.3, -0.25) is 4.90 Å². The van der Waals surface area contributed by atoms with Crippen LogP contribution in [0.3, 0.4) is 0 Å². The molecular formula is C16H20ClN3. The fraction of sp³-hybridized carbons (Fsp3) is 0.438. The molecule has 0 amide bonds. The molecule has 2 aromatic rings. The molecule has 1 atom stereocenters. The summed E-state index contributed by atoms with van der Waals surface area (Å²) in [6.07, 6.45) is 2.28. The highest BCUT2D eigenvalue weighted by molar-refractivity contribution is 6.32. The van der Waals surface area contributed by atoms with Crippen LogP contribution in [0.4, 0.5) is 0 Å². The van der Waals surface area contributed by atoms with Crippen LogP contribution in [0.15, 0.2) is 24.3 Å². The number of hydrogen-bond acceptors (Lipinski definition) is 3. The van der Waals surface area contributed by atoms with Crippen LogP contribution in [-0.2, 0) is 6.54 Å². The number of piperidine rings is 1. The Labute approximate surface area is 124 Å². The van der Waals surface area contributed by atoms with Gasteiger partial charge in [-0.05, 0) is 37.9 Å². The predicted molar refractivity (Wildman–Crippen MR) is 84.0 cm³/mol. The van der Waals surface area contributed by atoms with E-state index in [0.29, 0.717) is 0 Å². The number of aromatic nitrogens is 1. The molecule has 3 rings (SSSR count). The summed E-state index contributed by atoms with van der Waals surface area (Å²) in [5, 5.41) is 1.93. The number of halogens is 1. The molecule has 106 valence electrons. The lowest BCUT2D eigenvalue weighted by Crippen LogP contribution is -2.42. The summed E-state index contributed by atoms with van der Waals surface area (Å²) in [4.78, 5) is 7.10. The van der Waals surface area contributed by atoms with Crippen molar-refractivity contribution in [3.05, 3.63) is 40.5 Å². The molecule has 1 saturated heterocycles. The third kappa shape index (κ3) is 2.66. The van der Waals surface area contributed by atoms with Crippen LogP contribution in [0.2, 0.25) is 5.02 Å². The number of aryl methyl sites for hydroxylation is 1. The van der Waals surface area contributed by atoms with E-state index in [-0.39, 0.29) is 6.04 Å². The number of para-hydroxylation sites is 1. The first-order valence-corrected chi connectivity index (χ1v) is 7.54. The Balaban J connectivity index is 1.93. The highest BCUT2D eigenvalue weighted by Gasteiger charge is 2.19. The molecule has 3 nitrogen and oxygen atoms in total. The maximum absolute atomic E-state index is 6.51. The highest BCUT2D eigenvalue weighted by Crippen LogP contribution is 2.28. The molecule has 0 bridgehead atoms. The fourth-order valence-electron chi connectivity index (χ4n) is 2.97. The average molecular weight is 290 g/mol. The van der Waals surface area contributed by atoms with E-state index in [1.807, 2.05) is 18.2 Å². The second-order valence-electron chi connectivity index (χ2n) is 5.65. The van der Waals surface area contributed by atoms with E-state index in [4.69, 9.17) is 22.3 Å². The molecule has 1 fully saturated rings. The van der Waals surface area contributed by atoms with Crippen molar-refractivity contribution in [2.75, 3.05) is 13.1 Å². The number of rotatable bonds is 2. The molecule has 20 heavy (non-hydrogen) atoms. The van der Waals surface area contributed by atoms with Crippen LogP contribution < -0.4 is 5.73 Å². The van der Waals surface area contributed by atoms with Crippen molar-refractivity contribution in [1.29, 1.82) is 0 Å². The van der Waals surface area contributed by atoms with Gasteiger partial charge in [0.15, 0.2) is 0 Å². The van der Waals surface area contributed by atoms with Crippen LogP contribution in [0.25, 0.3) is 10.9 Å². The zero-order chi connectivity index (χ0) is 14.1. The van der Waals surface area contributed by atoms with Gasteiger partial charge >= 0.3 is 0 Å². The van der Waals surface area contributed by atoms with Crippen LogP contribution in [-0.4, -0.2) is 29.0 Å². The summed E-state index contributed by atoms with van der Waals surface area (Å²) in [6, 6.07) is 8.44. The standard InChI is InChI=1S/C16H20ClN3/c1-11-13-6-2-3-7-14(13)19-15(16(11)17)10-20-8-4-5-12(18)9-20/h2-3,6-7,12H,4-5,8-10,18H2,1H3. The first kappa shape index (κ1) is 13.8. The van der Waals surface area contributed by atoms with Crippen LogP contribution in [0, 0.1) is 6.92 Å². The zero-order valence-electron chi connectivity index (χ0n) is 11.8. The lowest BCUT2D eigenvalue weighted by molar-refractivity contribution is 0.199. The van der Waals surface area contributed by atoms with E-state index in [9.17, 15) is 0 Å². The molecular weight excluding hydrogens is 270 g/mol. The predicted octanol–water partition coefficient (Wildman–Crippen LogP) is 3.12. The summed E-state index contributed by atoms with van der Waals surface area (Å²) in [7, 11) is 0. The number of fused-ring (bicyclic) bond motifs is 1. The molecule has 0 saturated carbocycles. The van der Waals surface area contributed by atoms with Crippen molar-refractivity contribution >= 4 is 22.5 Å². The third-order valence-corrected chi connectivity index (χ3v) is 4.56. The zero-order valence-corrected chi connectivity index (χ0v) is 12.5. The van der Waals surface area contributed by atoms with Gasteiger partial charge in [0, 0.05) is 24.5 Å². The summed E-state index contributed by atoms with van der Waals surface area (Å²) in [5.74, 6) is 0. The second-order valence-corrected chi connectivity index (χ2v) is 6.03. The smallest absolute Gasteiger partial charge is 0.0740 e. The Kier molecular flexibility index (Phi) is 3.92. The minimum absolute atomic E-state index is 0.282. The van der Waals surface area contributed by atoms with E-state index >= 15 is 0 Å². The van der Waals surface area contributed by atoms with Gasteiger partial charge in [0.2, 0.25) is 0 Å². The van der Waals surface area contributed by atoms with Gasteiger partial charge in [-0.1, -0.05) is 29.8 Å². The minimum Gasteiger partial charge on any atom is -0.327 e. The largest absolute Gasteiger partial charge is 0.327 e. The Morgan fingerprint density at radius 1 is 1.40 bits per heavy atom. The first-order chi connectivity index (χ1) is 9.65. The summed E-state index contributed by atoms with van der Waals surface area (Å²) in [6.45, 7) is 4.87. The number of pyridine rings is 1. The summed E-state index contributed by atoms with van der Waals surface area (Å²) >= 11 is 6.51. The van der Waals surface area contributed by atoms with Gasteiger partial charge in [0.05, 0.1) is 16.2 Å². The van der Waals surface area contributed by atoms with Crippen molar-refractivity contribution in [3.8, 4) is 0 Å². The van der Waals surface area contributed by atoms with E-state index in [2.05, 4.69) is 17.9 Å². The lowest BCUT2D eigenvalue weighted by atomic mass is 10.1. The molecule has 1 aromatic carbocycles. The molecule has 4 heteroatoms. The maximum Gasteiger partial charge on any atom is 0.0740 e. The number of likely N-dealkylation sites (tertiary alicyclic amines) is 1. The average Bonchev–Trinajstić information content (AvgIpc) is 2.45. The second kappa shape index (κ2) is 5.68. The van der Waals surface area contributed by atoms with E-state index in [1.54, 1.807) is 0 Å². The van der Waals surface area contributed by atoms with Crippen LogP contribution >= 0.6 is 11.6 Å². The molecule has 0 aliphatic carbocycles. The van der Waals surface area contributed by atoms with Gasteiger partial charge < -0.3 is 5.73 Å². The van der Waals surface area contributed by atoms with Crippen LogP contribution in [0.5, 0.6) is 0 Å². The third-order valence-electron chi connectivity index (χ3n) is 4.06. The van der Waals surface area contributed by atoms with Gasteiger partial charge in [-0.25, -0.2) is 4.98 Å². The van der Waals surface area contributed by atoms with Crippen molar-refractivity contribution in [2.24, 2.45) is 5.73 Å². The Bertz CT molecular complexity index is 626. The van der Waals surface area contributed by atoms with Gasteiger partial charge in [0.1, 0.15) is 0 Å². The van der Waals surface area contributed by atoms with Crippen molar-refractivity contribution in [2.45, 2.75) is 32.4 Å². The SMILES string of the molecule is Cc1c(Cl)c(CN2CCCC(N)C2)nc2ccccc12. The van der Waals surface area contributed by atoms with Gasteiger partial charge in [0.25, 0.3) is 0 Å². The summed E-state index contributed by atoms with van der Waals surface area (Å²) < 4.78 is 0. The first-order valence-electron chi connectivity index (χ1n) is 7.17. The number of nitrogens with two attached hydrogens (primary N) is 1. The molecule has 1 aromatic heterocycles. The molecule has 1 aliphatic rings. The Morgan fingerprint density at radius 2 is 2.20 bits per heavy atom. The number of nitrogens with zero attached hydrogens (tertiary/aromatic N) is 2. The summed E-state index contributed by atoms with van der Waals surface area (Å²) in [5.41, 5.74) is 9.15. The van der Waals surface area contributed by atoms with Gasteiger partial charge in [-0.2, -0.15) is 0 Å². The Hall–Kier alpha value is -1.16. The minimum atomic E-state index is 0.282. The normalized spacial score (nSPS) is 20.4. The van der Waals surface area contributed by atoms with Crippen molar-refractivity contribution in [1.82, 2.24) is 9.88 Å². The number of hydrogen-bond donors (Lipinski definition) is 1. The van der Waals surface area contributed by atoms with E-state index in [1.165, 1.54) is 0 Å². The molecule has 2 heterocycles.